The SMILES string of the molecule is Cc1ccc(Oc2ccc(N)cc2I)c(Cl)c1. The fourth-order valence-corrected chi connectivity index (χ4v) is 2.33. The van der Waals surface area contributed by atoms with Gasteiger partial charge in [-0.3, -0.25) is 0 Å². The molecule has 0 aliphatic carbocycles. The quantitative estimate of drug-likeness (QED) is 0.627. The lowest BCUT2D eigenvalue weighted by atomic mass is 10.2. The molecule has 0 fully saturated rings. The van der Waals surface area contributed by atoms with E-state index in [0.717, 1.165) is 20.6 Å². The number of hydrogen-bond donors (Lipinski definition) is 1. The summed E-state index contributed by atoms with van der Waals surface area (Å²) in [6, 6.07) is 11.2. The van der Waals surface area contributed by atoms with E-state index in [-0.39, 0.29) is 0 Å². The van der Waals surface area contributed by atoms with Gasteiger partial charge in [-0.15, -0.1) is 0 Å². The van der Waals surface area contributed by atoms with E-state index in [4.69, 9.17) is 22.1 Å². The van der Waals surface area contributed by atoms with Crippen LogP contribution < -0.4 is 10.5 Å². The number of aryl methyl sites for hydroxylation is 1. The molecule has 0 aromatic heterocycles. The first-order valence-electron chi connectivity index (χ1n) is 5.05. The molecule has 2 aromatic carbocycles. The van der Waals surface area contributed by atoms with Gasteiger partial charge in [0.1, 0.15) is 11.5 Å². The maximum absolute atomic E-state index is 6.11. The molecule has 0 heterocycles. The van der Waals surface area contributed by atoms with Crippen LogP contribution in [0.15, 0.2) is 36.4 Å². The van der Waals surface area contributed by atoms with Crippen LogP contribution in [0.1, 0.15) is 5.56 Å². The Bertz CT molecular complexity index is 508. The molecule has 2 aromatic rings. The van der Waals surface area contributed by atoms with Gasteiger partial charge < -0.3 is 10.5 Å². The van der Waals surface area contributed by atoms with Gasteiger partial charge in [0.2, 0.25) is 0 Å². The van der Waals surface area contributed by atoms with Crippen LogP contribution >= 0.6 is 34.2 Å². The Labute approximate surface area is 119 Å². The fraction of sp³-hybridized carbons (Fsp3) is 0.0769. The molecule has 0 bridgehead atoms. The molecule has 88 valence electrons. The second kappa shape index (κ2) is 5.14. The summed E-state index contributed by atoms with van der Waals surface area (Å²) in [5.41, 5.74) is 7.51. The Morgan fingerprint density at radius 1 is 1.12 bits per heavy atom. The molecule has 2 nitrogen and oxygen atoms in total. The monoisotopic (exact) mass is 359 g/mol. The van der Waals surface area contributed by atoms with Gasteiger partial charge in [0, 0.05) is 5.69 Å². The van der Waals surface area contributed by atoms with Crippen molar-refractivity contribution in [1.29, 1.82) is 0 Å². The van der Waals surface area contributed by atoms with Crippen molar-refractivity contribution in [3.05, 3.63) is 50.6 Å². The van der Waals surface area contributed by atoms with Crippen molar-refractivity contribution >= 4 is 39.9 Å². The van der Waals surface area contributed by atoms with Crippen molar-refractivity contribution in [3.8, 4) is 11.5 Å². The standard InChI is InChI=1S/C13H11ClINO/c1-8-2-4-12(10(14)6-8)17-13-5-3-9(16)7-11(13)15/h2-7H,16H2,1H3. The van der Waals surface area contributed by atoms with Crippen molar-refractivity contribution in [2.45, 2.75) is 6.92 Å². The van der Waals surface area contributed by atoms with Gasteiger partial charge in [-0.25, -0.2) is 0 Å². The zero-order valence-electron chi connectivity index (χ0n) is 9.21. The lowest BCUT2D eigenvalue weighted by Crippen LogP contribution is -1.91. The zero-order valence-corrected chi connectivity index (χ0v) is 12.1. The number of anilines is 1. The number of nitrogens with two attached hydrogens (primary N) is 1. The molecule has 0 aliphatic heterocycles. The van der Waals surface area contributed by atoms with Crippen LogP contribution in [0.25, 0.3) is 0 Å². The average Bonchev–Trinajstić information content (AvgIpc) is 2.25. The van der Waals surface area contributed by atoms with Gasteiger partial charge in [0.05, 0.1) is 8.59 Å². The van der Waals surface area contributed by atoms with Gasteiger partial charge in [0.15, 0.2) is 0 Å². The molecular weight excluding hydrogens is 349 g/mol. The second-order valence-corrected chi connectivity index (χ2v) is 5.30. The van der Waals surface area contributed by atoms with Gasteiger partial charge in [-0.1, -0.05) is 17.7 Å². The molecule has 0 saturated heterocycles. The molecule has 17 heavy (non-hydrogen) atoms. The highest BCUT2D eigenvalue weighted by Crippen LogP contribution is 2.33. The molecule has 0 atom stereocenters. The molecule has 0 radical (unpaired) electrons. The average molecular weight is 360 g/mol. The topological polar surface area (TPSA) is 35.2 Å². The van der Waals surface area contributed by atoms with Gasteiger partial charge in [0.25, 0.3) is 0 Å². The normalized spacial score (nSPS) is 10.3. The summed E-state index contributed by atoms with van der Waals surface area (Å²) in [6.07, 6.45) is 0. The smallest absolute Gasteiger partial charge is 0.146 e. The van der Waals surface area contributed by atoms with Crippen molar-refractivity contribution in [3.63, 3.8) is 0 Å². The number of benzene rings is 2. The first kappa shape index (κ1) is 12.5. The van der Waals surface area contributed by atoms with E-state index in [9.17, 15) is 0 Å². The number of ether oxygens (including phenoxy) is 1. The number of hydrogen-bond acceptors (Lipinski definition) is 2. The van der Waals surface area contributed by atoms with Crippen LogP contribution in [0.4, 0.5) is 5.69 Å². The largest absolute Gasteiger partial charge is 0.455 e. The number of rotatable bonds is 2. The highest BCUT2D eigenvalue weighted by Gasteiger charge is 2.06. The van der Waals surface area contributed by atoms with Gasteiger partial charge >= 0.3 is 0 Å². The summed E-state index contributed by atoms with van der Waals surface area (Å²) in [7, 11) is 0. The van der Waals surface area contributed by atoms with E-state index < -0.39 is 0 Å². The summed E-state index contributed by atoms with van der Waals surface area (Å²) in [4.78, 5) is 0. The van der Waals surface area contributed by atoms with Gasteiger partial charge in [-0.2, -0.15) is 0 Å². The Kier molecular flexibility index (Phi) is 3.79. The van der Waals surface area contributed by atoms with Crippen LogP contribution in [0.2, 0.25) is 5.02 Å². The molecule has 0 amide bonds. The van der Waals surface area contributed by atoms with E-state index in [1.165, 1.54) is 0 Å². The third-order valence-corrected chi connectivity index (χ3v) is 3.40. The van der Waals surface area contributed by atoms with Crippen molar-refractivity contribution < 1.29 is 4.74 Å². The van der Waals surface area contributed by atoms with Crippen LogP contribution in [0.3, 0.4) is 0 Å². The maximum atomic E-state index is 6.11. The first-order valence-corrected chi connectivity index (χ1v) is 6.51. The highest BCUT2D eigenvalue weighted by molar-refractivity contribution is 14.1. The van der Waals surface area contributed by atoms with Crippen LogP contribution in [-0.2, 0) is 0 Å². The van der Waals surface area contributed by atoms with Crippen molar-refractivity contribution in [2.24, 2.45) is 0 Å². The maximum Gasteiger partial charge on any atom is 0.146 e. The summed E-state index contributed by atoms with van der Waals surface area (Å²) >= 11 is 8.29. The predicted octanol–water partition coefficient (Wildman–Crippen LogP) is 4.63. The van der Waals surface area contributed by atoms with E-state index in [1.807, 2.05) is 37.3 Å². The molecule has 0 saturated carbocycles. The first-order chi connectivity index (χ1) is 8.06. The second-order valence-electron chi connectivity index (χ2n) is 3.73. The molecule has 0 spiro atoms. The summed E-state index contributed by atoms with van der Waals surface area (Å²) in [5, 5.41) is 0.609. The molecule has 0 unspecified atom stereocenters. The minimum absolute atomic E-state index is 0.609. The van der Waals surface area contributed by atoms with Crippen LogP contribution in [0, 0.1) is 10.5 Å². The van der Waals surface area contributed by atoms with Gasteiger partial charge in [-0.05, 0) is 65.4 Å². The molecule has 2 rings (SSSR count). The molecule has 2 N–H and O–H groups in total. The number of halogens is 2. The zero-order chi connectivity index (χ0) is 12.4. The lowest BCUT2D eigenvalue weighted by Gasteiger charge is -2.10. The van der Waals surface area contributed by atoms with Crippen LogP contribution in [0.5, 0.6) is 11.5 Å². The predicted molar refractivity (Wildman–Crippen MR) is 79.8 cm³/mol. The molecular formula is C13H11ClINO. The van der Waals surface area contributed by atoms with Crippen molar-refractivity contribution in [2.75, 3.05) is 5.73 Å². The third kappa shape index (κ3) is 3.04. The Morgan fingerprint density at radius 2 is 1.82 bits per heavy atom. The number of nitrogen functional groups attached to an aromatic ring is 1. The van der Waals surface area contributed by atoms with Crippen LogP contribution in [-0.4, -0.2) is 0 Å². The Morgan fingerprint density at radius 3 is 2.47 bits per heavy atom. The summed E-state index contributed by atoms with van der Waals surface area (Å²) in [5.74, 6) is 1.41. The Balaban J connectivity index is 2.31. The minimum atomic E-state index is 0.609. The van der Waals surface area contributed by atoms with E-state index in [2.05, 4.69) is 22.6 Å². The lowest BCUT2D eigenvalue weighted by molar-refractivity contribution is 0.479. The minimum Gasteiger partial charge on any atom is -0.455 e. The van der Waals surface area contributed by atoms with E-state index >= 15 is 0 Å². The summed E-state index contributed by atoms with van der Waals surface area (Å²) in [6.45, 7) is 1.99. The Hall–Kier alpha value is -0.940. The van der Waals surface area contributed by atoms with E-state index in [0.29, 0.717) is 10.8 Å². The van der Waals surface area contributed by atoms with E-state index in [1.54, 1.807) is 6.07 Å². The highest BCUT2D eigenvalue weighted by atomic mass is 127. The van der Waals surface area contributed by atoms with Crippen molar-refractivity contribution in [1.82, 2.24) is 0 Å². The summed E-state index contributed by atoms with van der Waals surface area (Å²) < 4.78 is 6.71. The molecule has 0 aliphatic rings. The molecule has 4 heteroatoms. The fourth-order valence-electron chi connectivity index (χ4n) is 1.41. The third-order valence-electron chi connectivity index (χ3n) is 2.26.